The van der Waals surface area contributed by atoms with Crippen molar-refractivity contribution in [3.63, 3.8) is 0 Å². The highest BCUT2D eigenvalue weighted by atomic mass is 32.1. The summed E-state index contributed by atoms with van der Waals surface area (Å²) in [6.45, 7) is 0. The number of benzene rings is 8. The molecule has 2 aromatic heterocycles. The first-order chi connectivity index (χ1) is 27.3. The Bertz CT molecular complexity index is 3050. The highest BCUT2D eigenvalue weighted by molar-refractivity contribution is 7.26. The van der Waals surface area contributed by atoms with Crippen molar-refractivity contribution in [2.24, 2.45) is 0 Å². The first-order valence-corrected chi connectivity index (χ1v) is 20.4. The largest absolute Gasteiger partial charge is 0.454 e. The Labute approximate surface area is 324 Å². The van der Waals surface area contributed by atoms with Gasteiger partial charge in [0.25, 0.3) is 0 Å². The molecule has 3 heteroatoms. The van der Waals surface area contributed by atoms with Gasteiger partial charge in [0.2, 0.25) is 0 Å². The zero-order valence-electron chi connectivity index (χ0n) is 30.5. The van der Waals surface area contributed by atoms with Gasteiger partial charge >= 0.3 is 0 Å². The molecule has 11 rings (SSSR count). The van der Waals surface area contributed by atoms with Crippen molar-refractivity contribution >= 4 is 81.3 Å². The van der Waals surface area contributed by atoms with E-state index in [9.17, 15) is 0 Å². The Balaban J connectivity index is 1.21. The second kappa shape index (κ2) is 13.3. The van der Waals surface area contributed by atoms with Crippen LogP contribution in [0.5, 0.6) is 0 Å². The topological polar surface area (TPSA) is 16.4 Å². The fraction of sp³-hybridized carbons (Fsp3) is 0.115. The van der Waals surface area contributed by atoms with Gasteiger partial charge in [0, 0.05) is 47.6 Å². The third-order valence-electron chi connectivity index (χ3n) is 11.9. The average molecular weight is 726 g/mol. The minimum absolute atomic E-state index is 0.577. The van der Waals surface area contributed by atoms with Crippen molar-refractivity contribution in [1.82, 2.24) is 0 Å². The maximum Gasteiger partial charge on any atom is 0.159 e. The molecule has 8 aromatic carbocycles. The molecule has 2 heterocycles. The maximum absolute atomic E-state index is 6.84. The molecule has 1 fully saturated rings. The van der Waals surface area contributed by atoms with Gasteiger partial charge in [0.15, 0.2) is 5.58 Å². The van der Waals surface area contributed by atoms with E-state index in [1.54, 1.807) is 0 Å². The zero-order valence-corrected chi connectivity index (χ0v) is 31.4. The number of rotatable bonds is 6. The van der Waals surface area contributed by atoms with Crippen molar-refractivity contribution in [1.29, 1.82) is 0 Å². The third-order valence-corrected chi connectivity index (χ3v) is 13.1. The quantitative estimate of drug-likeness (QED) is 0.170. The standard InChI is InChI=1S/C52H39NOS/c1-2-16-34(17-3-1)36-24-12-18-35-19-13-25-41(50(35)36)37-20-4-8-29-45(37)53(47-31-15-26-42-39-22-6-10-32-48(39)54-51(42)47)46-30-9-5-21-38(46)43-27-14-28-44-40-23-7-11-33-49(40)55-52(43)44/h4-15,18-34H,1-3,16-17H2. The highest BCUT2D eigenvalue weighted by Gasteiger charge is 2.26. The summed E-state index contributed by atoms with van der Waals surface area (Å²) in [5.74, 6) is 0.577. The molecule has 1 aliphatic rings. The Kier molecular flexibility index (Phi) is 7.81. The first-order valence-electron chi connectivity index (χ1n) is 19.6. The predicted molar refractivity (Wildman–Crippen MR) is 235 cm³/mol. The number of hydrogen-bond acceptors (Lipinski definition) is 3. The molecule has 0 saturated heterocycles. The normalized spacial score (nSPS) is 13.7. The van der Waals surface area contributed by atoms with Crippen molar-refractivity contribution < 1.29 is 4.42 Å². The second-order valence-electron chi connectivity index (χ2n) is 15.0. The predicted octanol–water partition coefficient (Wildman–Crippen LogP) is 16.0. The van der Waals surface area contributed by atoms with Gasteiger partial charge in [-0.3, -0.25) is 0 Å². The first kappa shape index (κ1) is 32.3. The van der Waals surface area contributed by atoms with Gasteiger partial charge in [-0.05, 0) is 71.0 Å². The van der Waals surface area contributed by atoms with E-state index in [-0.39, 0.29) is 0 Å². The Hall–Kier alpha value is -6.16. The van der Waals surface area contributed by atoms with Crippen LogP contribution in [0.1, 0.15) is 43.6 Å². The third kappa shape index (κ3) is 5.29. The second-order valence-corrected chi connectivity index (χ2v) is 16.0. The van der Waals surface area contributed by atoms with Gasteiger partial charge in [-0.2, -0.15) is 0 Å². The van der Waals surface area contributed by atoms with E-state index in [1.807, 2.05) is 11.3 Å². The lowest BCUT2D eigenvalue weighted by atomic mass is 9.80. The minimum Gasteiger partial charge on any atom is -0.454 e. The smallest absolute Gasteiger partial charge is 0.159 e. The fourth-order valence-corrected chi connectivity index (χ4v) is 10.6. The van der Waals surface area contributed by atoms with Gasteiger partial charge in [0.05, 0.1) is 17.1 Å². The van der Waals surface area contributed by atoms with Gasteiger partial charge in [-0.15, -0.1) is 11.3 Å². The molecule has 0 spiro atoms. The molecule has 1 aliphatic carbocycles. The van der Waals surface area contributed by atoms with Crippen LogP contribution in [0.4, 0.5) is 17.1 Å². The van der Waals surface area contributed by atoms with Crippen LogP contribution in [-0.2, 0) is 0 Å². The number of thiophene rings is 1. The number of nitrogens with zero attached hydrogens (tertiary/aromatic N) is 1. The molecule has 264 valence electrons. The van der Waals surface area contributed by atoms with Crippen LogP contribution in [0.2, 0.25) is 0 Å². The Morgan fingerprint density at radius 1 is 0.455 bits per heavy atom. The van der Waals surface area contributed by atoms with E-state index in [2.05, 4.69) is 175 Å². The van der Waals surface area contributed by atoms with E-state index in [0.29, 0.717) is 5.92 Å². The van der Waals surface area contributed by atoms with Crippen LogP contribution in [0.3, 0.4) is 0 Å². The summed E-state index contributed by atoms with van der Waals surface area (Å²) in [5, 5.41) is 7.53. The molecule has 0 unspecified atom stereocenters. The van der Waals surface area contributed by atoms with E-state index in [1.165, 1.54) is 90.9 Å². The lowest BCUT2D eigenvalue weighted by molar-refractivity contribution is 0.445. The molecule has 55 heavy (non-hydrogen) atoms. The summed E-state index contributed by atoms with van der Waals surface area (Å²) < 4.78 is 9.45. The molecule has 0 radical (unpaired) electrons. The van der Waals surface area contributed by atoms with Crippen molar-refractivity contribution in [2.45, 2.75) is 38.0 Å². The molecule has 0 amide bonds. The molecule has 0 N–H and O–H groups in total. The molecule has 10 aromatic rings. The highest BCUT2D eigenvalue weighted by Crippen LogP contribution is 2.51. The maximum atomic E-state index is 6.84. The van der Waals surface area contributed by atoms with E-state index >= 15 is 0 Å². The number of para-hydroxylation sites is 4. The van der Waals surface area contributed by atoms with Crippen LogP contribution < -0.4 is 4.90 Å². The van der Waals surface area contributed by atoms with Gasteiger partial charge in [-0.25, -0.2) is 0 Å². The van der Waals surface area contributed by atoms with E-state index in [4.69, 9.17) is 4.42 Å². The Morgan fingerprint density at radius 3 is 1.87 bits per heavy atom. The van der Waals surface area contributed by atoms with Gasteiger partial charge < -0.3 is 9.32 Å². The van der Waals surface area contributed by atoms with Crippen LogP contribution >= 0.6 is 11.3 Å². The van der Waals surface area contributed by atoms with Crippen LogP contribution in [0.25, 0.3) is 75.1 Å². The van der Waals surface area contributed by atoms with Crippen LogP contribution in [0.15, 0.2) is 174 Å². The molecular formula is C52H39NOS. The monoisotopic (exact) mass is 725 g/mol. The number of anilines is 3. The number of hydrogen-bond donors (Lipinski definition) is 0. The zero-order chi connectivity index (χ0) is 36.3. The van der Waals surface area contributed by atoms with E-state index in [0.717, 1.165) is 39.0 Å². The van der Waals surface area contributed by atoms with Gasteiger partial charge in [0.1, 0.15) is 5.58 Å². The van der Waals surface area contributed by atoms with Gasteiger partial charge in [-0.1, -0.05) is 159 Å². The number of fused-ring (bicyclic) bond motifs is 7. The summed E-state index contributed by atoms with van der Waals surface area (Å²) in [5.41, 5.74) is 11.4. The van der Waals surface area contributed by atoms with Crippen molar-refractivity contribution in [3.05, 3.63) is 175 Å². The molecule has 2 nitrogen and oxygen atoms in total. The summed E-state index contributed by atoms with van der Waals surface area (Å²) in [4.78, 5) is 2.48. The number of furan rings is 1. The molecular weight excluding hydrogens is 687 g/mol. The van der Waals surface area contributed by atoms with Crippen LogP contribution in [0, 0.1) is 0 Å². The summed E-state index contributed by atoms with van der Waals surface area (Å²) in [6.07, 6.45) is 6.46. The summed E-state index contributed by atoms with van der Waals surface area (Å²) >= 11 is 1.88. The van der Waals surface area contributed by atoms with Crippen molar-refractivity contribution in [3.8, 4) is 22.3 Å². The Morgan fingerprint density at radius 2 is 1.04 bits per heavy atom. The lowest BCUT2D eigenvalue weighted by Crippen LogP contribution is -2.13. The molecule has 1 saturated carbocycles. The molecule has 0 aliphatic heterocycles. The summed E-state index contributed by atoms with van der Waals surface area (Å²) in [7, 11) is 0. The molecule has 0 bridgehead atoms. The van der Waals surface area contributed by atoms with Crippen LogP contribution in [-0.4, -0.2) is 0 Å². The fourth-order valence-electron chi connectivity index (χ4n) is 9.40. The van der Waals surface area contributed by atoms with Crippen molar-refractivity contribution in [2.75, 3.05) is 4.90 Å². The minimum atomic E-state index is 0.577. The molecule has 0 atom stereocenters. The van der Waals surface area contributed by atoms with E-state index < -0.39 is 0 Å². The average Bonchev–Trinajstić information content (AvgIpc) is 3.83. The lowest BCUT2D eigenvalue weighted by Gasteiger charge is -2.30. The summed E-state index contributed by atoms with van der Waals surface area (Å²) in [6, 6.07) is 62.4. The SMILES string of the molecule is c1ccc(N(c2ccccc2-c2cccc3cccc(C4CCCCC4)c23)c2cccc3c2oc2ccccc23)c(-c2cccc3c2sc2ccccc23)c1.